The van der Waals surface area contributed by atoms with E-state index in [-0.39, 0.29) is 0 Å². The van der Waals surface area contributed by atoms with Gasteiger partial charge in [-0.1, -0.05) is 23.7 Å². The van der Waals surface area contributed by atoms with Crippen LogP contribution in [0.4, 0.5) is 5.69 Å². The minimum Gasteiger partial charge on any atom is -0.399 e. The monoisotopic (exact) mass is 270 g/mol. The Labute approximate surface area is 115 Å². The molecule has 0 spiro atoms. The molecule has 0 saturated heterocycles. The predicted octanol–water partition coefficient (Wildman–Crippen LogP) is 3.17. The van der Waals surface area contributed by atoms with Crippen LogP contribution in [0.2, 0.25) is 5.02 Å². The minimum atomic E-state index is 0.606. The van der Waals surface area contributed by atoms with Crippen LogP contribution in [-0.4, -0.2) is 14.8 Å². The fraction of sp³-hybridized carbons (Fsp3) is 0. The zero-order chi connectivity index (χ0) is 13.2. The lowest BCUT2D eigenvalue weighted by Crippen LogP contribution is -1.96. The van der Waals surface area contributed by atoms with Crippen molar-refractivity contribution in [2.75, 3.05) is 5.73 Å². The third-order valence-corrected chi connectivity index (χ3v) is 3.00. The van der Waals surface area contributed by atoms with Gasteiger partial charge < -0.3 is 5.73 Å². The van der Waals surface area contributed by atoms with Gasteiger partial charge in [0.2, 0.25) is 0 Å². The zero-order valence-corrected chi connectivity index (χ0v) is 10.7. The summed E-state index contributed by atoms with van der Waals surface area (Å²) in [6.07, 6.45) is 5.31. The molecule has 0 saturated carbocycles. The largest absolute Gasteiger partial charge is 0.399 e. The molecule has 0 aliphatic rings. The standard InChI is InChI=1S/C14H11ClN4/c15-12-3-6-14(17-8-12)19-9-11(7-18-19)10-1-4-13(16)5-2-10/h1-9H,16H2. The Morgan fingerprint density at radius 2 is 1.74 bits per heavy atom. The third kappa shape index (κ3) is 2.44. The second-order valence-electron chi connectivity index (χ2n) is 4.13. The van der Waals surface area contributed by atoms with Crippen LogP contribution in [0.5, 0.6) is 0 Å². The van der Waals surface area contributed by atoms with Crippen LogP contribution in [0.1, 0.15) is 0 Å². The fourth-order valence-corrected chi connectivity index (χ4v) is 1.89. The zero-order valence-electron chi connectivity index (χ0n) is 9.99. The molecule has 1 aromatic carbocycles. The highest BCUT2D eigenvalue weighted by Gasteiger charge is 2.04. The summed E-state index contributed by atoms with van der Waals surface area (Å²) in [6.45, 7) is 0. The first-order valence-corrected chi connectivity index (χ1v) is 6.13. The van der Waals surface area contributed by atoms with Crippen LogP contribution >= 0.6 is 11.6 Å². The average Bonchev–Trinajstić information content (AvgIpc) is 2.90. The lowest BCUT2D eigenvalue weighted by molar-refractivity contribution is 0.847. The van der Waals surface area contributed by atoms with Crippen molar-refractivity contribution in [2.45, 2.75) is 0 Å². The van der Waals surface area contributed by atoms with Gasteiger partial charge in [0.15, 0.2) is 5.82 Å². The lowest BCUT2D eigenvalue weighted by atomic mass is 10.1. The molecule has 0 radical (unpaired) electrons. The molecule has 4 nitrogen and oxygen atoms in total. The molecule has 94 valence electrons. The molecule has 2 N–H and O–H groups in total. The van der Waals surface area contributed by atoms with Crippen molar-refractivity contribution in [3.63, 3.8) is 0 Å². The normalized spacial score (nSPS) is 10.6. The van der Waals surface area contributed by atoms with Gasteiger partial charge in [0.05, 0.1) is 11.2 Å². The highest BCUT2D eigenvalue weighted by Crippen LogP contribution is 2.21. The summed E-state index contributed by atoms with van der Waals surface area (Å²) < 4.78 is 1.71. The summed E-state index contributed by atoms with van der Waals surface area (Å²) in [4.78, 5) is 4.22. The Balaban J connectivity index is 1.95. The minimum absolute atomic E-state index is 0.606. The number of nitrogens with two attached hydrogens (primary N) is 1. The van der Waals surface area contributed by atoms with E-state index in [4.69, 9.17) is 17.3 Å². The summed E-state index contributed by atoms with van der Waals surface area (Å²) in [7, 11) is 0. The lowest BCUT2D eigenvalue weighted by Gasteiger charge is -2.00. The van der Waals surface area contributed by atoms with E-state index in [0.717, 1.165) is 22.6 Å². The third-order valence-electron chi connectivity index (χ3n) is 2.77. The molecule has 19 heavy (non-hydrogen) atoms. The molecular formula is C14H11ClN4. The van der Waals surface area contributed by atoms with Crippen LogP contribution < -0.4 is 5.73 Å². The van der Waals surface area contributed by atoms with Gasteiger partial charge in [0.1, 0.15) is 0 Å². The molecule has 0 aliphatic carbocycles. The van der Waals surface area contributed by atoms with E-state index in [1.807, 2.05) is 36.5 Å². The number of anilines is 1. The first-order valence-electron chi connectivity index (χ1n) is 5.75. The molecule has 0 unspecified atom stereocenters. The number of benzene rings is 1. The Morgan fingerprint density at radius 1 is 0.947 bits per heavy atom. The number of rotatable bonds is 2. The van der Waals surface area contributed by atoms with Crippen molar-refractivity contribution in [2.24, 2.45) is 0 Å². The smallest absolute Gasteiger partial charge is 0.153 e. The molecule has 0 fully saturated rings. The maximum atomic E-state index is 5.81. The molecule has 5 heteroatoms. The highest BCUT2D eigenvalue weighted by atomic mass is 35.5. The number of nitrogen functional groups attached to an aromatic ring is 1. The maximum absolute atomic E-state index is 5.81. The van der Waals surface area contributed by atoms with E-state index in [0.29, 0.717) is 5.02 Å². The Hall–Kier alpha value is -2.33. The number of hydrogen-bond acceptors (Lipinski definition) is 3. The molecular weight excluding hydrogens is 260 g/mol. The van der Waals surface area contributed by atoms with Gasteiger partial charge >= 0.3 is 0 Å². The molecule has 0 atom stereocenters. The van der Waals surface area contributed by atoms with Crippen LogP contribution in [0, 0.1) is 0 Å². The number of halogens is 1. The number of hydrogen-bond donors (Lipinski definition) is 1. The van der Waals surface area contributed by atoms with Crippen LogP contribution in [0.25, 0.3) is 16.9 Å². The van der Waals surface area contributed by atoms with Crippen molar-refractivity contribution in [1.82, 2.24) is 14.8 Å². The van der Waals surface area contributed by atoms with E-state index < -0.39 is 0 Å². The summed E-state index contributed by atoms with van der Waals surface area (Å²) in [5, 5.41) is 4.90. The molecule has 3 aromatic rings. The quantitative estimate of drug-likeness (QED) is 0.728. The van der Waals surface area contributed by atoms with Crippen LogP contribution in [0.3, 0.4) is 0 Å². The molecule has 0 amide bonds. The fourth-order valence-electron chi connectivity index (χ4n) is 1.78. The van der Waals surface area contributed by atoms with Gasteiger partial charge in [0, 0.05) is 23.6 Å². The highest BCUT2D eigenvalue weighted by molar-refractivity contribution is 6.30. The van der Waals surface area contributed by atoms with E-state index in [1.54, 1.807) is 23.1 Å². The summed E-state index contributed by atoms with van der Waals surface area (Å²) in [5.74, 6) is 0.728. The van der Waals surface area contributed by atoms with Gasteiger partial charge in [0.25, 0.3) is 0 Å². The van der Waals surface area contributed by atoms with Crippen molar-refractivity contribution < 1.29 is 0 Å². The molecule has 0 bridgehead atoms. The second kappa shape index (κ2) is 4.74. The van der Waals surface area contributed by atoms with Gasteiger partial charge in [-0.15, -0.1) is 0 Å². The van der Waals surface area contributed by atoms with E-state index in [2.05, 4.69) is 10.1 Å². The second-order valence-corrected chi connectivity index (χ2v) is 4.57. The first-order chi connectivity index (χ1) is 9.22. The van der Waals surface area contributed by atoms with E-state index >= 15 is 0 Å². The van der Waals surface area contributed by atoms with Crippen molar-refractivity contribution in [3.05, 3.63) is 60.0 Å². The summed E-state index contributed by atoms with van der Waals surface area (Å²) in [5.41, 5.74) is 8.49. The molecule has 0 aliphatic heterocycles. The number of aromatic nitrogens is 3. The average molecular weight is 271 g/mol. The maximum Gasteiger partial charge on any atom is 0.153 e. The summed E-state index contributed by atoms with van der Waals surface area (Å²) in [6, 6.07) is 11.3. The van der Waals surface area contributed by atoms with Gasteiger partial charge in [-0.25, -0.2) is 9.67 Å². The van der Waals surface area contributed by atoms with Crippen LogP contribution in [-0.2, 0) is 0 Å². The van der Waals surface area contributed by atoms with Crippen LogP contribution in [0.15, 0.2) is 55.0 Å². The SMILES string of the molecule is Nc1ccc(-c2cnn(-c3ccc(Cl)cn3)c2)cc1. The Morgan fingerprint density at radius 3 is 2.42 bits per heavy atom. The van der Waals surface area contributed by atoms with Crippen molar-refractivity contribution in [3.8, 4) is 16.9 Å². The van der Waals surface area contributed by atoms with Gasteiger partial charge in [-0.3, -0.25) is 0 Å². The van der Waals surface area contributed by atoms with Gasteiger partial charge in [-0.2, -0.15) is 5.10 Å². The topological polar surface area (TPSA) is 56.7 Å². The Bertz CT molecular complexity index is 626. The van der Waals surface area contributed by atoms with E-state index in [9.17, 15) is 0 Å². The molecule has 2 heterocycles. The molecule has 3 rings (SSSR count). The van der Waals surface area contributed by atoms with Crippen molar-refractivity contribution in [1.29, 1.82) is 0 Å². The van der Waals surface area contributed by atoms with Gasteiger partial charge in [-0.05, 0) is 29.8 Å². The number of nitrogens with zero attached hydrogens (tertiary/aromatic N) is 3. The predicted molar refractivity (Wildman–Crippen MR) is 76.2 cm³/mol. The van der Waals surface area contributed by atoms with E-state index in [1.165, 1.54) is 0 Å². The summed E-state index contributed by atoms with van der Waals surface area (Å²) >= 11 is 5.81. The molecule has 2 aromatic heterocycles. The Kier molecular flexibility index (Phi) is 2.93. The van der Waals surface area contributed by atoms with Crippen molar-refractivity contribution >= 4 is 17.3 Å². The number of pyridine rings is 1. The first kappa shape index (κ1) is 11.7.